The van der Waals surface area contributed by atoms with Crippen LogP contribution in [0, 0.1) is 11.8 Å². The van der Waals surface area contributed by atoms with Gasteiger partial charge in [0.05, 0.1) is 19.8 Å². The fourth-order valence-electron chi connectivity index (χ4n) is 2.25. The van der Waals surface area contributed by atoms with Gasteiger partial charge in [0, 0.05) is 17.4 Å². The highest BCUT2D eigenvalue weighted by atomic mass is 16.5. The fourth-order valence-corrected chi connectivity index (χ4v) is 2.25. The third kappa shape index (κ3) is 8.03. The summed E-state index contributed by atoms with van der Waals surface area (Å²) in [5, 5.41) is 5.99. The second kappa shape index (κ2) is 10.5. The predicted molar refractivity (Wildman–Crippen MR) is 111 cm³/mol. The highest BCUT2D eigenvalue weighted by Gasteiger charge is 2.05. The molecule has 0 atom stereocenters. The summed E-state index contributed by atoms with van der Waals surface area (Å²) < 4.78 is 11.3. The van der Waals surface area contributed by atoms with E-state index in [9.17, 15) is 4.79 Å². The standard InChI is InChI=1S/C22H30N2O3/c1-16(2)14-26-20-10-8-18(9-11-20)23-13-22(25)24-19-6-5-7-21(12-19)27-15-17(3)4/h5-12,16-17,23H,13-15H2,1-4H3,(H,24,25). The van der Waals surface area contributed by atoms with Crippen molar-refractivity contribution >= 4 is 17.3 Å². The molecule has 0 bridgehead atoms. The van der Waals surface area contributed by atoms with Crippen LogP contribution in [0.2, 0.25) is 0 Å². The van der Waals surface area contributed by atoms with Crippen molar-refractivity contribution in [3.05, 3.63) is 48.5 Å². The molecule has 0 saturated carbocycles. The lowest BCUT2D eigenvalue weighted by molar-refractivity contribution is -0.114. The van der Waals surface area contributed by atoms with E-state index in [0.717, 1.165) is 22.9 Å². The molecule has 0 aliphatic rings. The molecule has 2 N–H and O–H groups in total. The van der Waals surface area contributed by atoms with Crippen LogP contribution in [0.1, 0.15) is 27.7 Å². The number of carbonyl (C=O) groups excluding carboxylic acids is 1. The Morgan fingerprint density at radius 2 is 1.48 bits per heavy atom. The summed E-state index contributed by atoms with van der Waals surface area (Å²) in [6.45, 7) is 9.94. The largest absolute Gasteiger partial charge is 0.493 e. The van der Waals surface area contributed by atoms with Gasteiger partial charge in [-0.15, -0.1) is 0 Å². The minimum absolute atomic E-state index is 0.115. The minimum Gasteiger partial charge on any atom is -0.493 e. The van der Waals surface area contributed by atoms with E-state index in [1.54, 1.807) is 0 Å². The Hall–Kier alpha value is -2.69. The second-order valence-corrected chi connectivity index (χ2v) is 7.36. The maximum atomic E-state index is 12.2. The SMILES string of the molecule is CC(C)COc1ccc(NCC(=O)Nc2cccc(OCC(C)C)c2)cc1. The lowest BCUT2D eigenvalue weighted by Gasteiger charge is -2.12. The summed E-state index contributed by atoms with van der Waals surface area (Å²) in [4.78, 5) is 12.2. The number of hydrogen-bond donors (Lipinski definition) is 2. The van der Waals surface area contributed by atoms with Crippen LogP contribution in [0.5, 0.6) is 11.5 Å². The first-order valence-electron chi connectivity index (χ1n) is 9.42. The van der Waals surface area contributed by atoms with E-state index in [4.69, 9.17) is 9.47 Å². The van der Waals surface area contributed by atoms with E-state index >= 15 is 0 Å². The topological polar surface area (TPSA) is 59.6 Å². The van der Waals surface area contributed by atoms with Crippen molar-refractivity contribution in [1.82, 2.24) is 0 Å². The number of amides is 1. The van der Waals surface area contributed by atoms with Gasteiger partial charge in [0.1, 0.15) is 11.5 Å². The minimum atomic E-state index is -0.115. The fraction of sp³-hybridized carbons (Fsp3) is 0.409. The highest BCUT2D eigenvalue weighted by Crippen LogP contribution is 2.19. The number of anilines is 2. The molecule has 0 aliphatic heterocycles. The molecule has 0 radical (unpaired) electrons. The third-order valence-corrected chi connectivity index (χ3v) is 3.59. The van der Waals surface area contributed by atoms with Crippen LogP contribution in [-0.2, 0) is 4.79 Å². The molecule has 0 spiro atoms. The Morgan fingerprint density at radius 3 is 2.11 bits per heavy atom. The van der Waals surface area contributed by atoms with Crippen molar-refractivity contribution in [3.8, 4) is 11.5 Å². The molecular weight excluding hydrogens is 340 g/mol. The number of ether oxygens (including phenoxy) is 2. The molecule has 2 aromatic rings. The first kappa shape index (κ1) is 20.6. The van der Waals surface area contributed by atoms with Crippen molar-refractivity contribution in [2.75, 3.05) is 30.4 Å². The zero-order valence-electron chi connectivity index (χ0n) is 16.6. The highest BCUT2D eigenvalue weighted by molar-refractivity contribution is 5.93. The molecule has 146 valence electrons. The molecule has 1 amide bonds. The van der Waals surface area contributed by atoms with Gasteiger partial charge in [-0.1, -0.05) is 33.8 Å². The number of carbonyl (C=O) groups is 1. The summed E-state index contributed by atoms with van der Waals surface area (Å²) in [6, 6.07) is 15.1. The average Bonchev–Trinajstić information content (AvgIpc) is 2.64. The van der Waals surface area contributed by atoms with Crippen LogP contribution >= 0.6 is 0 Å². The van der Waals surface area contributed by atoms with E-state index in [1.807, 2.05) is 48.5 Å². The first-order chi connectivity index (χ1) is 12.9. The van der Waals surface area contributed by atoms with E-state index in [-0.39, 0.29) is 12.5 Å². The van der Waals surface area contributed by atoms with Gasteiger partial charge in [-0.25, -0.2) is 0 Å². The molecule has 0 fully saturated rings. The molecular formula is C22H30N2O3. The molecule has 5 nitrogen and oxygen atoms in total. The zero-order chi connectivity index (χ0) is 19.6. The number of nitrogens with one attached hydrogen (secondary N) is 2. The quantitative estimate of drug-likeness (QED) is 0.630. The Bertz CT molecular complexity index is 712. The van der Waals surface area contributed by atoms with Crippen LogP contribution in [0.3, 0.4) is 0 Å². The van der Waals surface area contributed by atoms with Crippen LogP contribution in [0.4, 0.5) is 11.4 Å². The molecule has 0 aliphatic carbocycles. The van der Waals surface area contributed by atoms with Gasteiger partial charge >= 0.3 is 0 Å². The van der Waals surface area contributed by atoms with Gasteiger partial charge in [0.15, 0.2) is 0 Å². The number of rotatable bonds is 10. The number of benzene rings is 2. The third-order valence-electron chi connectivity index (χ3n) is 3.59. The van der Waals surface area contributed by atoms with E-state index in [0.29, 0.717) is 25.0 Å². The molecule has 5 heteroatoms. The lowest BCUT2D eigenvalue weighted by Crippen LogP contribution is -2.21. The maximum absolute atomic E-state index is 12.2. The zero-order valence-corrected chi connectivity index (χ0v) is 16.6. The summed E-state index contributed by atoms with van der Waals surface area (Å²) in [5.74, 6) is 2.41. The van der Waals surface area contributed by atoms with Crippen molar-refractivity contribution in [2.45, 2.75) is 27.7 Å². The van der Waals surface area contributed by atoms with Gasteiger partial charge < -0.3 is 20.1 Å². The van der Waals surface area contributed by atoms with E-state index in [1.165, 1.54) is 0 Å². The molecule has 0 unspecified atom stereocenters. The normalized spacial score (nSPS) is 10.7. The van der Waals surface area contributed by atoms with Crippen molar-refractivity contribution in [3.63, 3.8) is 0 Å². The summed E-state index contributed by atoms with van der Waals surface area (Å²) in [7, 11) is 0. The van der Waals surface area contributed by atoms with Crippen LogP contribution in [-0.4, -0.2) is 25.7 Å². The molecule has 0 saturated heterocycles. The van der Waals surface area contributed by atoms with Gasteiger partial charge in [-0.2, -0.15) is 0 Å². The Morgan fingerprint density at radius 1 is 0.852 bits per heavy atom. The summed E-state index contributed by atoms with van der Waals surface area (Å²) >= 11 is 0. The lowest BCUT2D eigenvalue weighted by atomic mass is 10.2. The van der Waals surface area contributed by atoms with Crippen molar-refractivity contribution in [2.24, 2.45) is 11.8 Å². The Kier molecular flexibility index (Phi) is 7.99. The molecule has 0 aromatic heterocycles. The van der Waals surface area contributed by atoms with Crippen LogP contribution < -0.4 is 20.1 Å². The molecule has 2 rings (SSSR count). The van der Waals surface area contributed by atoms with E-state index in [2.05, 4.69) is 38.3 Å². The monoisotopic (exact) mass is 370 g/mol. The van der Waals surface area contributed by atoms with Gasteiger partial charge in [0.2, 0.25) is 5.91 Å². The van der Waals surface area contributed by atoms with Crippen LogP contribution in [0.15, 0.2) is 48.5 Å². The first-order valence-corrected chi connectivity index (χ1v) is 9.42. The van der Waals surface area contributed by atoms with Gasteiger partial charge in [0.25, 0.3) is 0 Å². The van der Waals surface area contributed by atoms with Crippen LogP contribution in [0.25, 0.3) is 0 Å². The average molecular weight is 370 g/mol. The van der Waals surface area contributed by atoms with E-state index < -0.39 is 0 Å². The molecule has 27 heavy (non-hydrogen) atoms. The van der Waals surface area contributed by atoms with Crippen molar-refractivity contribution in [1.29, 1.82) is 0 Å². The molecule has 0 heterocycles. The summed E-state index contributed by atoms with van der Waals surface area (Å²) in [5.41, 5.74) is 1.59. The smallest absolute Gasteiger partial charge is 0.243 e. The Balaban J connectivity index is 1.79. The van der Waals surface area contributed by atoms with Gasteiger partial charge in [-0.3, -0.25) is 4.79 Å². The Labute approximate surface area is 162 Å². The van der Waals surface area contributed by atoms with Crippen molar-refractivity contribution < 1.29 is 14.3 Å². The summed E-state index contributed by atoms with van der Waals surface area (Å²) in [6.07, 6.45) is 0. The number of hydrogen-bond acceptors (Lipinski definition) is 4. The maximum Gasteiger partial charge on any atom is 0.243 e. The predicted octanol–water partition coefficient (Wildman–Crippen LogP) is 4.81. The van der Waals surface area contributed by atoms with Gasteiger partial charge in [-0.05, 0) is 48.2 Å². The second-order valence-electron chi connectivity index (χ2n) is 7.36. The molecule has 2 aromatic carbocycles.